The highest BCUT2D eigenvalue weighted by Crippen LogP contribution is 2.32. The van der Waals surface area contributed by atoms with E-state index in [4.69, 9.17) is 17.3 Å². The van der Waals surface area contributed by atoms with Crippen molar-refractivity contribution in [1.82, 2.24) is 4.98 Å². The van der Waals surface area contributed by atoms with E-state index in [0.29, 0.717) is 0 Å². The first kappa shape index (κ1) is 8.83. The van der Waals surface area contributed by atoms with Crippen LogP contribution in [0.1, 0.15) is 4.88 Å². The zero-order valence-electron chi connectivity index (χ0n) is 5.35. The van der Waals surface area contributed by atoms with E-state index in [2.05, 4.69) is 4.98 Å². The highest BCUT2D eigenvalue weighted by molar-refractivity contribution is 7.15. The van der Waals surface area contributed by atoms with E-state index >= 15 is 0 Å². The number of rotatable bonds is 2. The summed E-state index contributed by atoms with van der Waals surface area (Å²) in [5, 5.41) is 0. The zero-order valence-corrected chi connectivity index (χ0v) is 6.92. The first-order valence-corrected chi connectivity index (χ1v) is 3.95. The normalized spacial score (nSPS) is 12.0. The van der Waals surface area contributed by atoms with Gasteiger partial charge in [0.2, 0.25) is 0 Å². The Morgan fingerprint density at radius 2 is 2.36 bits per heavy atom. The Labute approximate surface area is 71.0 Å². The van der Waals surface area contributed by atoms with Crippen molar-refractivity contribution in [2.45, 2.75) is 5.92 Å². The van der Waals surface area contributed by atoms with Crippen LogP contribution in [0.15, 0.2) is 6.20 Å². The van der Waals surface area contributed by atoms with Crippen LogP contribution in [0.4, 0.5) is 8.78 Å². The molecule has 2 nitrogen and oxygen atoms in total. The molecule has 0 spiro atoms. The quantitative estimate of drug-likeness (QED) is 0.788. The summed E-state index contributed by atoms with van der Waals surface area (Å²) < 4.78 is 25.5. The summed E-state index contributed by atoms with van der Waals surface area (Å²) in [4.78, 5) is 3.29. The van der Waals surface area contributed by atoms with Crippen LogP contribution in [0.5, 0.6) is 0 Å². The molecule has 2 N–H and O–H groups in total. The number of nitrogens with zero attached hydrogens (tertiary/aromatic N) is 1. The van der Waals surface area contributed by atoms with Crippen LogP contribution in [0.2, 0.25) is 4.47 Å². The molecule has 0 unspecified atom stereocenters. The van der Waals surface area contributed by atoms with Crippen LogP contribution in [-0.4, -0.2) is 11.5 Å². The summed E-state index contributed by atoms with van der Waals surface area (Å²) in [6.45, 7) is -0.717. The molecule has 0 aliphatic heterocycles. The molecule has 0 radical (unpaired) electrons. The van der Waals surface area contributed by atoms with Gasteiger partial charge in [0.1, 0.15) is 0 Å². The third-order valence-electron chi connectivity index (χ3n) is 1.09. The van der Waals surface area contributed by atoms with Crippen molar-refractivity contribution in [3.63, 3.8) is 0 Å². The van der Waals surface area contributed by atoms with E-state index in [-0.39, 0.29) is 9.34 Å². The lowest BCUT2D eigenvalue weighted by atomic mass is 10.3. The second-order valence-corrected chi connectivity index (χ2v) is 3.50. The highest BCUT2D eigenvalue weighted by atomic mass is 35.5. The number of aromatic nitrogens is 1. The van der Waals surface area contributed by atoms with Crippen molar-refractivity contribution in [2.24, 2.45) is 5.73 Å². The second kappa shape index (κ2) is 3.00. The van der Waals surface area contributed by atoms with Gasteiger partial charge in [-0.15, -0.1) is 11.3 Å². The smallest absolute Gasteiger partial charge is 0.295 e. The molecule has 0 aromatic carbocycles. The fraction of sp³-hybridized carbons (Fsp3) is 0.400. The van der Waals surface area contributed by atoms with Gasteiger partial charge in [0, 0.05) is 6.20 Å². The standard InChI is InChI=1S/C5H5ClF2N2S/c6-4-10-1-3(11-4)5(7,8)2-9/h1H,2,9H2. The van der Waals surface area contributed by atoms with Gasteiger partial charge in [0.05, 0.1) is 11.4 Å². The highest BCUT2D eigenvalue weighted by Gasteiger charge is 2.31. The summed E-state index contributed by atoms with van der Waals surface area (Å²) in [7, 11) is 0. The maximum atomic E-state index is 12.7. The first-order valence-electron chi connectivity index (χ1n) is 2.76. The molecule has 1 aromatic heterocycles. The van der Waals surface area contributed by atoms with Crippen LogP contribution in [0, 0.1) is 0 Å². The predicted octanol–water partition coefficient (Wildman–Crippen LogP) is 1.85. The lowest BCUT2D eigenvalue weighted by Gasteiger charge is -2.09. The molecule has 62 valence electrons. The molecule has 0 bridgehead atoms. The monoisotopic (exact) mass is 198 g/mol. The molecule has 0 saturated heterocycles. The fourth-order valence-corrected chi connectivity index (χ4v) is 1.45. The minimum absolute atomic E-state index is 0.105. The Morgan fingerprint density at radius 1 is 1.73 bits per heavy atom. The minimum Gasteiger partial charge on any atom is -0.325 e. The molecule has 0 atom stereocenters. The van der Waals surface area contributed by atoms with Crippen molar-refractivity contribution >= 4 is 22.9 Å². The molecule has 1 heterocycles. The van der Waals surface area contributed by atoms with E-state index in [1.165, 1.54) is 0 Å². The SMILES string of the molecule is NCC(F)(F)c1cnc(Cl)s1. The number of alkyl halides is 2. The zero-order chi connectivity index (χ0) is 8.48. The number of halogens is 3. The average Bonchev–Trinajstić information content (AvgIpc) is 2.36. The third-order valence-corrected chi connectivity index (χ3v) is 2.32. The topological polar surface area (TPSA) is 38.9 Å². The number of nitrogens with two attached hydrogens (primary N) is 1. The summed E-state index contributed by atoms with van der Waals surface area (Å²) in [6.07, 6.45) is 1.04. The Balaban J connectivity index is 2.92. The lowest BCUT2D eigenvalue weighted by molar-refractivity contribution is 0.00969. The van der Waals surface area contributed by atoms with Gasteiger partial charge in [0.15, 0.2) is 4.47 Å². The molecule has 0 fully saturated rings. The molecular formula is C5H5ClF2N2S. The Kier molecular flexibility index (Phi) is 2.41. The number of hydrogen-bond acceptors (Lipinski definition) is 3. The van der Waals surface area contributed by atoms with Crippen LogP contribution in [0.25, 0.3) is 0 Å². The average molecular weight is 199 g/mol. The summed E-state index contributed by atoms with van der Waals surface area (Å²) in [5.41, 5.74) is 4.83. The van der Waals surface area contributed by atoms with Crippen LogP contribution in [0.3, 0.4) is 0 Å². The maximum absolute atomic E-state index is 12.7. The van der Waals surface area contributed by atoms with E-state index < -0.39 is 12.5 Å². The van der Waals surface area contributed by atoms with E-state index in [1.807, 2.05) is 0 Å². The molecular weight excluding hydrogens is 194 g/mol. The lowest BCUT2D eigenvalue weighted by Crippen LogP contribution is -2.23. The second-order valence-electron chi connectivity index (χ2n) is 1.89. The van der Waals surface area contributed by atoms with Crippen molar-refractivity contribution in [1.29, 1.82) is 0 Å². The van der Waals surface area contributed by atoms with E-state index in [9.17, 15) is 8.78 Å². The molecule has 1 aromatic rings. The van der Waals surface area contributed by atoms with Gasteiger partial charge in [-0.2, -0.15) is 8.78 Å². The van der Waals surface area contributed by atoms with Crippen LogP contribution >= 0.6 is 22.9 Å². The molecule has 0 aliphatic carbocycles. The van der Waals surface area contributed by atoms with Gasteiger partial charge >= 0.3 is 0 Å². The van der Waals surface area contributed by atoms with E-state index in [0.717, 1.165) is 17.5 Å². The van der Waals surface area contributed by atoms with Crippen LogP contribution < -0.4 is 5.73 Å². The molecule has 6 heteroatoms. The third kappa shape index (κ3) is 1.85. The van der Waals surface area contributed by atoms with Gasteiger partial charge in [-0.3, -0.25) is 0 Å². The Bertz CT molecular complexity index is 250. The fourth-order valence-electron chi connectivity index (χ4n) is 0.523. The Morgan fingerprint density at radius 3 is 2.73 bits per heavy atom. The number of hydrogen-bond donors (Lipinski definition) is 1. The van der Waals surface area contributed by atoms with Crippen molar-refractivity contribution in [3.05, 3.63) is 15.5 Å². The van der Waals surface area contributed by atoms with Crippen molar-refractivity contribution < 1.29 is 8.78 Å². The molecule has 1 rings (SSSR count). The van der Waals surface area contributed by atoms with Gasteiger partial charge < -0.3 is 5.73 Å². The molecule has 0 saturated carbocycles. The van der Waals surface area contributed by atoms with E-state index in [1.54, 1.807) is 0 Å². The van der Waals surface area contributed by atoms with Gasteiger partial charge in [-0.1, -0.05) is 11.6 Å². The van der Waals surface area contributed by atoms with Gasteiger partial charge in [-0.25, -0.2) is 4.98 Å². The summed E-state index contributed by atoms with van der Waals surface area (Å²) in [5.74, 6) is -3.00. The molecule has 11 heavy (non-hydrogen) atoms. The number of thiazole rings is 1. The summed E-state index contributed by atoms with van der Waals surface area (Å²) >= 11 is 6.10. The summed E-state index contributed by atoms with van der Waals surface area (Å²) in [6, 6.07) is 0. The molecule has 0 amide bonds. The van der Waals surface area contributed by atoms with Gasteiger partial charge in [-0.05, 0) is 0 Å². The predicted molar refractivity (Wildman–Crippen MR) is 40.1 cm³/mol. The maximum Gasteiger partial charge on any atom is 0.295 e. The first-order chi connectivity index (χ1) is 5.06. The van der Waals surface area contributed by atoms with Gasteiger partial charge in [0.25, 0.3) is 5.92 Å². The van der Waals surface area contributed by atoms with Crippen LogP contribution in [-0.2, 0) is 5.92 Å². The minimum atomic E-state index is -3.00. The largest absolute Gasteiger partial charge is 0.325 e. The van der Waals surface area contributed by atoms with Crippen molar-refractivity contribution in [3.8, 4) is 0 Å². The van der Waals surface area contributed by atoms with Crippen molar-refractivity contribution in [2.75, 3.05) is 6.54 Å². The molecule has 0 aliphatic rings. The Hall–Kier alpha value is -0.260.